The minimum Gasteiger partial charge on any atom is -0.448 e. The molecule has 0 N–H and O–H groups in total. The van der Waals surface area contributed by atoms with Crippen LogP contribution in [0.3, 0.4) is 0 Å². The Hall–Kier alpha value is -3.05. The van der Waals surface area contributed by atoms with Crippen LogP contribution in [0.15, 0.2) is 60.4 Å². The van der Waals surface area contributed by atoms with Gasteiger partial charge in [0.15, 0.2) is 0 Å². The van der Waals surface area contributed by atoms with E-state index in [9.17, 15) is 26.4 Å². The van der Waals surface area contributed by atoms with Gasteiger partial charge in [-0.2, -0.15) is 21.6 Å². The summed E-state index contributed by atoms with van der Waals surface area (Å²) in [5.41, 5.74) is -1.28. The summed E-state index contributed by atoms with van der Waals surface area (Å²) in [5, 5.41) is 0. The molecule has 0 radical (unpaired) electrons. The summed E-state index contributed by atoms with van der Waals surface area (Å²) in [4.78, 5) is 14.4. The Balaban J connectivity index is 1.32. The zero-order valence-electron chi connectivity index (χ0n) is 17.7. The molecule has 3 aliphatic rings. The zero-order valence-corrected chi connectivity index (χ0v) is 18.5. The first-order chi connectivity index (χ1) is 16.2. The van der Waals surface area contributed by atoms with Crippen LogP contribution in [0.1, 0.15) is 23.5 Å². The number of benzene rings is 2. The molecule has 0 spiro atoms. The minimum absolute atomic E-state index is 0.0143. The van der Waals surface area contributed by atoms with Crippen molar-refractivity contribution in [1.29, 1.82) is 0 Å². The maximum Gasteiger partial charge on any atom is 0.534 e. The Morgan fingerprint density at radius 1 is 1.03 bits per heavy atom. The number of nitrogens with zero attached hydrogens (tertiary/aromatic N) is 1. The van der Waals surface area contributed by atoms with Crippen molar-refractivity contribution >= 4 is 16.2 Å². The monoisotopic (exact) mass is 495 g/mol. The maximum absolute atomic E-state index is 13.0. The maximum atomic E-state index is 13.0. The van der Waals surface area contributed by atoms with E-state index in [2.05, 4.69) is 4.18 Å². The van der Waals surface area contributed by atoms with Crippen LogP contribution in [-0.4, -0.2) is 56.8 Å². The van der Waals surface area contributed by atoms with E-state index in [1.54, 1.807) is 0 Å². The van der Waals surface area contributed by atoms with Crippen LogP contribution in [0, 0.1) is 0 Å². The highest BCUT2D eigenvalue weighted by Crippen LogP contribution is 2.44. The molecule has 2 heterocycles. The smallest absolute Gasteiger partial charge is 0.448 e. The minimum atomic E-state index is -5.79. The number of rotatable bonds is 4. The zero-order chi connectivity index (χ0) is 24.1. The van der Waals surface area contributed by atoms with Gasteiger partial charge in [0.1, 0.15) is 12.4 Å². The molecular weight excluding hydrogens is 475 g/mol. The first-order valence-electron chi connectivity index (χ1n) is 10.6. The molecule has 11 heteroatoms. The van der Waals surface area contributed by atoms with Crippen LogP contribution >= 0.6 is 0 Å². The number of carbonyl (C=O) groups is 1. The molecule has 1 fully saturated rings. The number of carbonyl (C=O) groups excluding carboxylic acids is 1. The predicted molar refractivity (Wildman–Crippen MR) is 114 cm³/mol. The number of morpholine rings is 1. The number of fused-ring (bicyclic) bond motifs is 5. The summed E-state index contributed by atoms with van der Waals surface area (Å²) in [6.45, 7) is 0.0895. The lowest BCUT2D eigenvalue weighted by Gasteiger charge is -2.43. The Morgan fingerprint density at radius 2 is 1.65 bits per heavy atom. The number of halogens is 3. The normalized spacial score (nSPS) is 22.0. The highest BCUT2D eigenvalue weighted by atomic mass is 32.2. The van der Waals surface area contributed by atoms with Crippen LogP contribution in [0.25, 0.3) is 11.1 Å². The van der Waals surface area contributed by atoms with Crippen LogP contribution in [0.2, 0.25) is 0 Å². The molecule has 2 aromatic rings. The van der Waals surface area contributed by atoms with E-state index in [1.807, 2.05) is 48.5 Å². The fourth-order valence-corrected chi connectivity index (χ4v) is 5.26. The van der Waals surface area contributed by atoms with Gasteiger partial charge in [0, 0.05) is 12.3 Å². The largest absolute Gasteiger partial charge is 0.534 e. The third-order valence-corrected chi connectivity index (χ3v) is 7.21. The molecule has 2 atom stereocenters. The Bertz CT molecular complexity index is 1210. The molecule has 1 aliphatic carbocycles. The Labute approximate surface area is 193 Å². The molecule has 34 heavy (non-hydrogen) atoms. The van der Waals surface area contributed by atoms with E-state index in [1.165, 1.54) is 11.0 Å². The van der Waals surface area contributed by atoms with Crippen molar-refractivity contribution in [3.63, 3.8) is 0 Å². The summed E-state index contributed by atoms with van der Waals surface area (Å²) >= 11 is 0. The van der Waals surface area contributed by atoms with Gasteiger partial charge in [-0.15, -0.1) is 0 Å². The summed E-state index contributed by atoms with van der Waals surface area (Å²) in [6.07, 6.45) is 0.283. The number of hydrogen-bond donors (Lipinski definition) is 0. The number of alkyl halides is 3. The third kappa shape index (κ3) is 3.92. The van der Waals surface area contributed by atoms with Gasteiger partial charge in [0.25, 0.3) is 0 Å². The average molecular weight is 495 g/mol. The second-order valence-electron chi connectivity index (χ2n) is 8.29. The van der Waals surface area contributed by atoms with Crippen molar-refractivity contribution < 1.29 is 40.0 Å². The summed E-state index contributed by atoms with van der Waals surface area (Å²) in [7, 11) is -5.79. The van der Waals surface area contributed by atoms with Crippen LogP contribution in [0.5, 0.6) is 0 Å². The lowest BCUT2D eigenvalue weighted by atomic mass is 9.98. The molecule has 7 nitrogen and oxygen atoms in total. The van der Waals surface area contributed by atoms with Crippen molar-refractivity contribution in [2.75, 3.05) is 19.8 Å². The van der Waals surface area contributed by atoms with Crippen LogP contribution < -0.4 is 0 Å². The standard InChI is InChI=1S/C23H20F3NO6S/c24-23(25,26)34(29,30)33-16-9-14-11-31-12-15(10-16)27(14)22(28)32-13-21-19-7-3-1-5-17(19)18-6-2-4-8-20(18)21/h1-9,14-15,21H,10-13H2. The first kappa shape index (κ1) is 22.7. The third-order valence-electron chi connectivity index (χ3n) is 6.21. The first-order valence-corrected chi connectivity index (χ1v) is 12.0. The molecule has 180 valence electrons. The van der Waals surface area contributed by atoms with Crippen LogP contribution in [-0.2, 0) is 23.8 Å². The molecule has 1 amide bonds. The SMILES string of the molecule is O=C(OCC1c2ccccc2-c2ccccc21)N1C2C=C(OS(=O)(=O)C(F)(F)F)CC1COC2. The summed E-state index contributed by atoms with van der Waals surface area (Å²) in [5.74, 6) is -0.512. The van der Waals surface area contributed by atoms with Gasteiger partial charge in [-0.3, -0.25) is 4.90 Å². The van der Waals surface area contributed by atoms with Crippen LogP contribution in [0.4, 0.5) is 18.0 Å². The molecule has 2 aromatic carbocycles. The molecular formula is C23H20F3NO6S. The van der Waals surface area contributed by atoms with Gasteiger partial charge in [0.2, 0.25) is 0 Å². The van der Waals surface area contributed by atoms with Crippen molar-refractivity contribution in [3.8, 4) is 11.1 Å². The van der Waals surface area contributed by atoms with Gasteiger partial charge in [0.05, 0.1) is 25.3 Å². The molecule has 0 aromatic heterocycles. The summed E-state index contributed by atoms with van der Waals surface area (Å²) in [6, 6.07) is 14.2. The highest BCUT2D eigenvalue weighted by Gasteiger charge is 2.50. The lowest BCUT2D eigenvalue weighted by molar-refractivity contribution is -0.0562. The van der Waals surface area contributed by atoms with E-state index in [0.717, 1.165) is 22.3 Å². The second-order valence-corrected chi connectivity index (χ2v) is 9.83. The average Bonchev–Trinajstić information content (AvgIpc) is 3.10. The van der Waals surface area contributed by atoms with E-state index >= 15 is 0 Å². The Kier molecular flexibility index (Phi) is 5.56. The fourth-order valence-electron chi connectivity index (χ4n) is 4.76. The quantitative estimate of drug-likeness (QED) is 0.468. The number of ether oxygens (including phenoxy) is 2. The number of hydrogen-bond acceptors (Lipinski definition) is 6. The van der Waals surface area contributed by atoms with E-state index < -0.39 is 33.8 Å². The van der Waals surface area contributed by atoms with Crippen molar-refractivity contribution in [2.45, 2.75) is 29.9 Å². The highest BCUT2D eigenvalue weighted by molar-refractivity contribution is 7.87. The molecule has 5 rings (SSSR count). The van der Waals surface area contributed by atoms with Gasteiger partial charge in [-0.1, -0.05) is 48.5 Å². The van der Waals surface area contributed by atoms with Gasteiger partial charge < -0.3 is 13.7 Å². The van der Waals surface area contributed by atoms with E-state index in [-0.39, 0.29) is 37.9 Å². The Morgan fingerprint density at radius 3 is 2.24 bits per heavy atom. The predicted octanol–water partition coefficient (Wildman–Crippen LogP) is 4.16. The fraction of sp³-hybridized carbons (Fsp3) is 0.348. The molecule has 0 saturated carbocycles. The number of amides is 1. The van der Waals surface area contributed by atoms with Crippen molar-refractivity contribution in [3.05, 3.63) is 71.5 Å². The van der Waals surface area contributed by atoms with Crippen molar-refractivity contribution in [2.24, 2.45) is 0 Å². The van der Waals surface area contributed by atoms with E-state index in [4.69, 9.17) is 9.47 Å². The molecule has 2 unspecified atom stereocenters. The molecule has 1 saturated heterocycles. The molecule has 2 aliphatic heterocycles. The van der Waals surface area contributed by atoms with Crippen molar-refractivity contribution in [1.82, 2.24) is 4.90 Å². The van der Waals surface area contributed by atoms with E-state index in [0.29, 0.717) is 0 Å². The van der Waals surface area contributed by atoms with Gasteiger partial charge in [-0.05, 0) is 28.3 Å². The molecule has 2 bridgehead atoms. The second kappa shape index (κ2) is 8.31. The lowest BCUT2D eigenvalue weighted by Crippen LogP contribution is -2.57. The van der Waals surface area contributed by atoms with Gasteiger partial charge in [-0.25, -0.2) is 4.79 Å². The topological polar surface area (TPSA) is 82.1 Å². The van der Waals surface area contributed by atoms with Gasteiger partial charge >= 0.3 is 21.7 Å². The summed E-state index contributed by atoms with van der Waals surface area (Å²) < 4.78 is 76.2.